The molecule has 0 aliphatic rings. The predicted octanol–water partition coefficient (Wildman–Crippen LogP) is 3.78. The summed E-state index contributed by atoms with van der Waals surface area (Å²) in [5.74, 6) is -1.40. The summed E-state index contributed by atoms with van der Waals surface area (Å²) in [5, 5.41) is 28.5. The van der Waals surface area contributed by atoms with Gasteiger partial charge in [-0.3, -0.25) is 14.9 Å². The van der Waals surface area contributed by atoms with Crippen LogP contribution in [0.4, 0.5) is 10.5 Å². The Morgan fingerprint density at radius 1 is 1.15 bits per heavy atom. The van der Waals surface area contributed by atoms with Crippen molar-refractivity contribution in [1.82, 2.24) is 15.7 Å². The van der Waals surface area contributed by atoms with Gasteiger partial charge in [0.2, 0.25) is 5.75 Å². The molecule has 3 aromatic carbocycles. The number of benzene rings is 3. The Morgan fingerprint density at radius 3 is 2.64 bits per heavy atom. The van der Waals surface area contributed by atoms with Crippen molar-refractivity contribution in [3.8, 4) is 11.5 Å². The molecule has 1 aromatic heterocycles. The van der Waals surface area contributed by atoms with E-state index in [4.69, 9.17) is 9.47 Å². The number of nitro groups is 1. The fourth-order valence-corrected chi connectivity index (χ4v) is 3.87. The molecule has 4 N–H and O–H groups in total. The van der Waals surface area contributed by atoms with Gasteiger partial charge in [0.25, 0.3) is 5.91 Å². The Kier molecular flexibility index (Phi) is 8.36. The quantitative estimate of drug-likeness (QED) is 0.137. The van der Waals surface area contributed by atoms with E-state index in [0.29, 0.717) is 0 Å². The Labute approximate surface area is 222 Å². The van der Waals surface area contributed by atoms with E-state index >= 15 is 0 Å². The maximum Gasteiger partial charge on any atom is 0.408 e. The first-order valence-electron chi connectivity index (χ1n) is 11.8. The number of carbonyl (C=O) groups is 2. The number of nitro benzene ring substituents is 1. The van der Waals surface area contributed by atoms with E-state index in [1.54, 1.807) is 18.3 Å². The van der Waals surface area contributed by atoms with Crippen LogP contribution in [0.2, 0.25) is 0 Å². The number of nitrogens with zero attached hydrogens (tertiary/aromatic N) is 2. The molecule has 0 fully saturated rings. The van der Waals surface area contributed by atoms with E-state index in [9.17, 15) is 24.8 Å². The van der Waals surface area contributed by atoms with Crippen molar-refractivity contribution >= 4 is 34.8 Å². The van der Waals surface area contributed by atoms with E-state index < -0.39 is 34.4 Å². The second-order valence-electron chi connectivity index (χ2n) is 8.40. The van der Waals surface area contributed by atoms with Crippen molar-refractivity contribution in [2.24, 2.45) is 5.10 Å². The number of hydrogen-bond acceptors (Lipinski definition) is 8. The number of alkyl carbamates (subject to hydrolysis) is 1. The number of aromatic hydroxyl groups is 1. The molecule has 0 bridgehead atoms. The number of aromatic amines is 1. The summed E-state index contributed by atoms with van der Waals surface area (Å²) in [7, 11) is 1.25. The maximum absolute atomic E-state index is 13.1. The van der Waals surface area contributed by atoms with Gasteiger partial charge in [-0.1, -0.05) is 48.5 Å². The van der Waals surface area contributed by atoms with Crippen LogP contribution in [-0.2, 0) is 22.6 Å². The van der Waals surface area contributed by atoms with Crippen LogP contribution in [0.1, 0.15) is 16.7 Å². The molecule has 1 atom stereocenters. The molecule has 200 valence electrons. The zero-order valence-electron chi connectivity index (χ0n) is 20.8. The van der Waals surface area contributed by atoms with Gasteiger partial charge in [-0.25, -0.2) is 10.2 Å². The number of para-hydroxylation sites is 1. The third kappa shape index (κ3) is 6.68. The van der Waals surface area contributed by atoms with Crippen molar-refractivity contribution in [1.29, 1.82) is 0 Å². The van der Waals surface area contributed by atoms with Crippen LogP contribution in [0.25, 0.3) is 10.9 Å². The highest BCUT2D eigenvalue weighted by atomic mass is 16.6. The predicted molar refractivity (Wildman–Crippen MR) is 143 cm³/mol. The number of amides is 2. The molecule has 12 heteroatoms. The zero-order chi connectivity index (χ0) is 27.8. The van der Waals surface area contributed by atoms with Gasteiger partial charge in [-0.05, 0) is 23.3 Å². The molecule has 0 unspecified atom stereocenters. The standard InChI is InChI=1S/C27H25N5O7/c1-38-24-12-18(11-23(25(24)33)32(36)37)14-29-31-26(34)22(13-19-15-28-21-10-6-5-9-20(19)21)30-27(35)39-16-17-7-3-2-4-8-17/h2-12,14-15,22,28,33H,13,16H2,1H3,(H,30,35)(H,31,34)/b29-14-/t22-/m0/s1. The molecule has 4 rings (SSSR count). The highest BCUT2D eigenvalue weighted by Crippen LogP contribution is 2.36. The van der Waals surface area contributed by atoms with Gasteiger partial charge in [0.05, 0.1) is 18.2 Å². The van der Waals surface area contributed by atoms with Crippen molar-refractivity contribution in [2.75, 3.05) is 7.11 Å². The minimum atomic E-state index is -1.06. The number of phenolic OH excluding ortho intramolecular Hbond substituents is 1. The van der Waals surface area contributed by atoms with Crippen molar-refractivity contribution < 1.29 is 29.1 Å². The first-order chi connectivity index (χ1) is 18.9. The van der Waals surface area contributed by atoms with Crippen LogP contribution in [0.5, 0.6) is 11.5 Å². The Morgan fingerprint density at radius 2 is 1.90 bits per heavy atom. The average Bonchev–Trinajstić information content (AvgIpc) is 3.35. The normalized spacial score (nSPS) is 11.7. The number of carbonyl (C=O) groups excluding carboxylic acids is 2. The minimum Gasteiger partial charge on any atom is -0.500 e. The second-order valence-corrected chi connectivity index (χ2v) is 8.40. The summed E-state index contributed by atoms with van der Waals surface area (Å²) in [6.07, 6.45) is 2.25. The van der Waals surface area contributed by atoms with E-state index in [0.717, 1.165) is 34.3 Å². The van der Waals surface area contributed by atoms with Crippen molar-refractivity contribution in [3.63, 3.8) is 0 Å². The number of nitrogens with one attached hydrogen (secondary N) is 3. The topological polar surface area (TPSA) is 168 Å². The van der Waals surface area contributed by atoms with Crippen LogP contribution < -0.4 is 15.5 Å². The average molecular weight is 532 g/mol. The number of hydrogen-bond donors (Lipinski definition) is 4. The van der Waals surface area contributed by atoms with Crippen LogP contribution in [-0.4, -0.2) is 46.4 Å². The van der Waals surface area contributed by atoms with Gasteiger partial charge in [0, 0.05) is 35.2 Å². The van der Waals surface area contributed by atoms with Crippen LogP contribution in [0.15, 0.2) is 78.0 Å². The Balaban J connectivity index is 1.50. The molecule has 0 saturated heterocycles. The van der Waals surface area contributed by atoms with E-state index in [1.165, 1.54) is 13.2 Å². The molecule has 4 aromatic rings. The fourth-order valence-electron chi connectivity index (χ4n) is 3.87. The molecule has 2 amide bonds. The van der Waals surface area contributed by atoms with E-state index in [1.807, 2.05) is 42.5 Å². The van der Waals surface area contributed by atoms with Gasteiger partial charge in [-0.15, -0.1) is 0 Å². The zero-order valence-corrected chi connectivity index (χ0v) is 20.8. The summed E-state index contributed by atoms with van der Waals surface area (Å²) < 4.78 is 10.3. The summed E-state index contributed by atoms with van der Waals surface area (Å²) in [4.78, 5) is 39.2. The molecule has 1 heterocycles. The van der Waals surface area contributed by atoms with Crippen molar-refractivity contribution in [2.45, 2.75) is 19.1 Å². The van der Waals surface area contributed by atoms with Gasteiger partial charge in [0.1, 0.15) is 12.6 Å². The number of rotatable bonds is 10. The summed E-state index contributed by atoms with van der Waals surface area (Å²) in [5.41, 5.74) is 4.41. The lowest BCUT2D eigenvalue weighted by Crippen LogP contribution is -2.47. The van der Waals surface area contributed by atoms with Crippen LogP contribution in [0.3, 0.4) is 0 Å². The molecule has 12 nitrogen and oxygen atoms in total. The van der Waals surface area contributed by atoms with E-state index in [-0.39, 0.29) is 24.3 Å². The number of H-pyrrole nitrogens is 1. The van der Waals surface area contributed by atoms with Crippen LogP contribution in [0, 0.1) is 10.1 Å². The van der Waals surface area contributed by atoms with Gasteiger partial charge in [0.15, 0.2) is 5.75 Å². The lowest BCUT2D eigenvalue weighted by Gasteiger charge is -2.17. The molecular formula is C27H25N5O7. The van der Waals surface area contributed by atoms with E-state index in [2.05, 4.69) is 20.8 Å². The third-order valence-corrected chi connectivity index (χ3v) is 5.80. The molecule has 0 aliphatic carbocycles. The van der Waals surface area contributed by atoms with Gasteiger partial charge >= 0.3 is 11.8 Å². The lowest BCUT2D eigenvalue weighted by atomic mass is 10.0. The van der Waals surface area contributed by atoms with Gasteiger partial charge < -0.3 is 24.9 Å². The maximum atomic E-state index is 13.1. The molecule has 0 spiro atoms. The number of phenols is 1. The number of fused-ring (bicyclic) bond motifs is 1. The largest absolute Gasteiger partial charge is 0.500 e. The Hall–Kier alpha value is -5.39. The highest BCUT2D eigenvalue weighted by molar-refractivity contribution is 5.90. The summed E-state index contributed by atoms with van der Waals surface area (Å²) in [6, 6.07) is 18.0. The summed E-state index contributed by atoms with van der Waals surface area (Å²) in [6.45, 7) is 0.0215. The number of methoxy groups -OCH3 is 1. The second kappa shape index (κ2) is 12.2. The molecular weight excluding hydrogens is 506 g/mol. The molecule has 0 radical (unpaired) electrons. The fraction of sp³-hybridized carbons (Fsp3) is 0.148. The van der Waals surface area contributed by atoms with Crippen LogP contribution >= 0.6 is 0 Å². The molecule has 0 aliphatic heterocycles. The first kappa shape index (κ1) is 26.7. The molecule has 39 heavy (non-hydrogen) atoms. The minimum absolute atomic E-state index is 0.0215. The SMILES string of the molecule is COc1cc(/C=N\NC(=O)[C@H](Cc2c[nH]c3ccccc23)NC(=O)OCc2ccccc2)cc([N+](=O)[O-])c1O. The lowest BCUT2D eigenvalue weighted by molar-refractivity contribution is -0.386. The monoisotopic (exact) mass is 531 g/mol. The molecule has 0 saturated carbocycles. The first-order valence-corrected chi connectivity index (χ1v) is 11.8. The van der Waals surface area contributed by atoms with Crippen molar-refractivity contribution in [3.05, 3.63) is 99.7 Å². The van der Waals surface area contributed by atoms with Gasteiger partial charge in [-0.2, -0.15) is 5.10 Å². The number of ether oxygens (including phenoxy) is 2. The third-order valence-electron chi connectivity index (χ3n) is 5.80. The Bertz CT molecular complexity index is 1520. The smallest absolute Gasteiger partial charge is 0.408 e. The highest BCUT2D eigenvalue weighted by Gasteiger charge is 2.24. The number of hydrazone groups is 1. The summed E-state index contributed by atoms with van der Waals surface area (Å²) >= 11 is 0. The number of aromatic nitrogens is 1.